The van der Waals surface area contributed by atoms with E-state index in [0.29, 0.717) is 12.8 Å². The Morgan fingerprint density at radius 1 is 0.416 bits per heavy atom. The molecule has 2 saturated heterocycles. The molecular weight excluding hydrogens is 979 g/mol. The number of hydrogen-bond donors (Lipinski definition) is 9. The van der Waals surface area contributed by atoms with Gasteiger partial charge in [-0.15, -0.1) is 0 Å². The third-order valence-corrected chi connectivity index (χ3v) is 16.6. The first-order valence-corrected chi connectivity index (χ1v) is 32.8. The lowest BCUT2D eigenvalue weighted by molar-refractivity contribution is -0.359. The van der Waals surface area contributed by atoms with E-state index in [2.05, 4.69) is 19.2 Å². The topological polar surface area (TPSA) is 228 Å². The maximum Gasteiger partial charge on any atom is 0.220 e. The zero-order valence-corrected chi connectivity index (χ0v) is 49.5. The molecule has 1 amide bonds. The van der Waals surface area contributed by atoms with Crippen molar-refractivity contribution < 1.29 is 64.6 Å². The van der Waals surface area contributed by atoms with Crippen LogP contribution in [0.1, 0.15) is 303 Å². The summed E-state index contributed by atoms with van der Waals surface area (Å²) >= 11 is 0. The van der Waals surface area contributed by atoms with Crippen molar-refractivity contribution in [3.8, 4) is 0 Å². The van der Waals surface area contributed by atoms with E-state index < -0.39 is 86.8 Å². The van der Waals surface area contributed by atoms with E-state index in [1.165, 1.54) is 225 Å². The molecule has 0 aliphatic carbocycles. The molecule has 0 radical (unpaired) electrons. The Hall–Kier alpha value is -1.01. The molecule has 0 aromatic rings. The van der Waals surface area contributed by atoms with Gasteiger partial charge >= 0.3 is 0 Å². The lowest BCUT2D eigenvalue weighted by atomic mass is 9.97. The number of aliphatic hydroxyl groups excluding tert-OH is 8. The Morgan fingerprint density at radius 3 is 1.10 bits per heavy atom. The van der Waals surface area contributed by atoms with E-state index in [4.69, 9.17) is 18.9 Å². The predicted octanol–water partition coefficient (Wildman–Crippen LogP) is 12.1. The SMILES string of the molecule is CCCCCCCCCCCCCCCCCCCCCCCCCCCCCCCCCCCCCCC(=O)NC(COC1OC(CO)C(OC2OC(CO)C(O)C(O)C2O)C(O)C1O)C(O)CCCCCCCCC. The number of unbranched alkanes of at least 4 members (excludes halogenated alkanes) is 41. The van der Waals surface area contributed by atoms with Gasteiger partial charge in [0, 0.05) is 6.42 Å². The molecule has 12 atom stereocenters. The molecule has 9 N–H and O–H groups in total. The third kappa shape index (κ3) is 34.9. The second-order valence-corrected chi connectivity index (χ2v) is 23.6. The molecule has 14 nitrogen and oxygen atoms in total. The first kappa shape index (κ1) is 72.1. The van der Waals surface area contributed by atoms with Crippen LogP contribution in [0.15, 0.2) is 0 Å². The van der Waals surface area contributed by atoms with Gasteiger partial charge in [0.25, 0.3) is 0 Å². The molecule has 12 unspecified atom stereocenters. The fourth-order valence-corrected chi connectivity index (χ4v) is 11.3. The van der Waals surface area contributed by atoms with Crippen molar-refractivity contribution in [2.45, 2.75) is 376 Å². The van der Waals surface area contributed by atoms with Crippen LogP contribution >= 0.6 is 0 Å². The lowest BCUT2D eigenvalue weighted by Crippen LogP contribution is -2.65. The van der Waals surface area contributed by atoms with Gasteiger partial charge in [0.1, 0.15) is 48.8 Å². The van der Waals surface area contributed by atoms with Crippen LogP contribution in [-0.2, 0) is 23.7 Å². The lowest BCUT2D eigenvalue weighted by Gasteiger charge is -2.46. The highest BCUT2D eigenvalue weighted by atomic mass is 16.7. The molecule has 77 heavy (non-hydrogen) atoms. The molecule has 0 aromatic heterocycles. The van der Waals surface area contributed by atoms with E-state index in [1.54, 1.807) is 0 Å². The minimum absolute atomic E-state index is 0.204. The summed E-state index contributed by atoms with van der Waals surface area (Å²) in [5.41, 5.74) is 0. The number of aliphatic hydroxyl groups is 8. The third-order valence-electron chi connectivity index (χ3n) is 16.6. The number of hydrogen-bond acceptors (Lipinski definition) is 13. The molecule has 2 aliphatic rings. The van der Waals surface area contributed by atoms with E-state index >= 15 is 0 Å². The second kappa shape index (κ2) is 49.6. The maximum absolute atomic E-state index is 13.2. The number of nitrogens with one attached hydrogen (secondary N) is 1. The number of carbonyl (C=O) groups excluding carboxylic acids is 1. The summed E-state index contributed by atoms with van der Waals surface area (Å²) in [6.45, 7) is 2.84. The van der Waals surface area contributed by atoms with Gasteiger partial charge in [0.2, 0.25) is 5.91 Å². The summed E-state index contributed by atoms with van der Waals surface area (Å²) in [6.07, 6.45) is 40.6. The average Bonchev–Trinajstić information content (AvgIpc) is 3.43. The van der Waals surface area contributed by atoms with Crippen LogP contribution < -0.4 is 5.32 Å². The highest BCUT2D eigenvalue weighted by molar-refractivity contribution is 5.76. The van der Waals surface area contributed by atoms with Crippen LogP contribution in [0.2, 0.25) is 0 Å². The van der Waals surface area contributed by atoms with Crippen molar-refractivity contribution >= 4 is 5.91 Å². The largest absolute Gasteiger partial charge is 0.394 e. The van der Waals surface area contributed by atoms with Gasteiger partial charge in [0.15, 0.2) is 12.6 Å². The summed E-state index contributed by atoms with van der Waals surface area (Å²) < 4.78 is 22.7. The first-order valence-electron chi connectivity index (χ1n) is 32.8. The van der Waals surface area contributed by atoms with E-state index in [-0.39, 0.29) is 12.5 Å². The number of rotatable bonds is 54. The van der Waals surface area contributed by atoms with E-state index in [9.17, 15) is 45.6 Å². The summed E-state index contributed by atoms with van der Waals surface area (Å²) in [5, 5.41) is 86.8. The van der Waals surface area contributed by atoms with Crippen molar-refractivity contribution in [2.75, 3.05) is 19.8 Å². The van der Waals surface area contributed by atoms with Crippen LogP contribution in [0.3, 0.4) is 0 Å². The van der Waals surface area contributed by atoms with Crippen LogP contribution in [0, 0.1) is 0 Å². The molecule has 0 spiro atoms. The standard InChI is InChI=1S/C63H123NO13/c1-3-5-7-9-11-12-13-14-15-16-17-18-19-20-21-22-23-24-25-26-27-28-29-30-31-32-33-34-35-36-37-38-39-41-43-45-47-55(68)64-51(52(67)46-44-42-40-10-8-6-4-2)50-74-62-60(73)58(71)61(54(49-66)76-62)77-63-59(72)57(70)56(69)53(48-65)75-63/h51-54,56-63,65-67,69-73H,3-50H2,1-2H3,(H,64,68). The molecule has 2 aliphatic heterocycles. The number of carbonyl (C=O) groups is 1. The quantitative estimate of drug-likeness (QED) is 0.0259. The van der Waals surface area contributed by atoms with Crippen molar-refractivity contribution in [1.29, 1.82) is 0 Å². The van der Waals surface area contributed by atoms with Gasteiger partial charge in [-0.3, -0.25) is 4.79 Å². The highest BCUT2D eigenvalue weighted by Crippen LogP contribution is 2.30. The second-order valence-electron chi connectivity index (χ2n) is 23.6. The normalized spacial score (nSPS) is 24.6. The van der Waals surface area contributed by atoms with Crippen LogP contribution in [0.5, 0.6) is 0 Å². The predicted molar refractivity (Wildman–Crippen MR) is 309 cm³/mol. The average molecular weight is 1100 g/mol. The van der Waals surface area contributed by atoms with E-state index in [0.717, 1.165) is 51.4 Å². The Morgan fingerprint density at radius 2 is 0.740 bits per heavy atom. The maximum atomic E-state index is 13.2. The Balaban J connectivity index is 1.50. The highest BCUT2D eigenvalue weighted by Gasteiger charge is 2.51. The molecule has 0 saturated carbocycles. The van der Waals surface area contributed by atoms with Crippen LogP contribution in [0.25, 0.3) is 0 Å². The fraction of sp³-hybridized carbons (Fsp3) is 0.984. The summed E-state index contributed by atoms with van der Waals surface area (Å²) in [5.74, 6) is -0.204. The zero-order valence-electron chi connectivity index (χ0n) is 49.5. The zero-order chi connectivity index (χ0) is 56.0. The van der Waals surface area contributed by atoms with Gasteiger partial charge in [-0.2, -0.15) is 0 Å². The summed E-state index contributed by atoms with van der Waals surface area (Å²) in [4.78, 5) is 13.2. The first-order chi connectivity index (χ1) is 37.6. The van der Waals surface area contributed by atoms with Crippen molar-refractivity contribution in [1.82, 2.24) is 5.32 Å². The number of ether oxygens (including phenoxy) is 4. The number of amides is 1. The molecule has 2 fully saturated rings. The summed E-state index contributed by atoms with van der Waals surface area (Å²) in [7, 11) is 0. The smallest absolute Gasteiger partial charge is 0.220 e. The van der Waals surface area contributed by atoms with Gasteiger partial charge in [-0.05, 0) is 12.8 Å². The molecule has 0 bridgehead atoms. The summed E-state index contributed by atoms with van der Waals surface area (Å²) in [6, 6.07) is -0.820. The molecular formula is C63H123NO13. The Kier molecular flexibility index (Phi) is 46.4. The van der Waals surface area contributed by atoms with Crippen molar-refractivity contribution in [3.63, 3.8) is 0 Å². The monoisotopic (exact) mass is 1100 g/mol. The van der Waals surface area contributed by atoms with Gasteiger partial charge in [-0.25, -0.2) is 0 Å². The van der Waals surface area contributed by atoms with Crippen LogP contribution in [-0.4, -0.2) is 140 Å². The molecule has 458 valence electrons. The van der Waals surface area contributed by atoms with Crippen molar-refractivity contribution in [3.05, 3.63) is 0 Å². The molecule has 2 rings (SSSR count). The van der Waals surface area contributed by atoms with Gasteiger partial charge in [-0.1, -0.05) is 284 Å². The Bertz CT molecular complexity index is 1300. The molecule has 14 heteroatoms. The minimum atomic E-state index is -1.78. The molecule has 2 heterocycles. The van der Waals surface area contributed by atoms with Crippen molar-refractivity contribution in [2.24, 2.45) is 0 Å². The van der Waals surface area contributed by atoms with E-state index in [1.807, 2.05) is 0 Å². The minimum Gasteiger partial charge on any atom is -0.394 e. The molecule has 0 aromatic carbocycles. The fourth-order valence-electron chi connectivity index (χ4n) is 11.3. The van der Waals surface area contributed by atoms with Gasteiger partial charge in [0.05, 0.1) is 32.0 Å². The Labute approximate surface area is 470 Å². The van der Waals surface area contributed by atoms with Crippen LogP contribution in [0.4, 0.5) is 0 Å². The van der Waals surface area contributed by atoms with Gasteiger partial charge < -0.3 is 65.1 Å².